The molecule has 17 heavy (non-hydrogen) atoms. The molecule has 2 aromatic heterocycles. The number of hydrogen-bond donors (Lipinski definition) is 0. The molecule has 0 aliphatic carbocycles. The van der Waals surface area contributed by atoms with Crippen molar-refractivity contribution in [3.8, 4) is 11.8 Å². The van der Waals surface area contributed by atoms with E-state index in [1.54, 1.807) is 10.7 Å². The topological polar surface area (TPSA) is 39.4 Å². The smallest absolute Gasteiger partial charge is 0.156 e. The Balaban J connectivity index is 1.89. The van der Waals surface area contributed by atoms with Crippen molar-refractivity contribution in [1.29, 1.82) is 0 Å². The average molecular weight is 225 g/mol. The van der Waals surface area contributed by atoms with E-state index in [1.807, 2.05) is 24.4 Å². The first-order valence-corrected chi connectivity index (χ1v) is 5.51. The second-order valence-electron chi connectivity index (χ2n) is 3.75. The third-order valence-electron chi connectivity index (χ3n) is 2.57. The third-order valence-corrected chi connectivity index (χ3v) is 2.57. The number of fused-ring (bicyclic) bond motifs is 1. The fourth-order valence-electron chi connectivity index (χ4n) is 1.67. The lowest BCUT2D eigenvalue weighted by Crippen LogP contribution is -2.02. The molecule has 0 saturated heterocycles. The van der Waals surface area contributed by atoms with E-state index in [-0.39, 0.29) is 0 Å². The van der Waals surface area contributed by atoms with Gasteiger partial charge in [0, 0.05) is 24.3 Å². The molecule has 4 heteroatoms. The summed E-state index contributed by atoms with van der Waals surface area (Å²) in [4.78, 5) is 4.39. The summed E-state index contributed by atoms with van der Waals surface area (Å²) in [6, 6.07) is 3.73. The van der Waals surface area contributed by atoms with Gasteiger partial charge in [0.05, 0.1) is 19.4 Å². The minimum atomic E-state index is 0.666. The normalized spacial score (nSPS) is 15.2. The maximum atomic E-state index is 5.23. The molecule has 0 atom stereocenters. The van der Waals surface area contributed by atoms with Crippen LogP contribution in [0.25, 0.3) is 5.65 Å². The number of aromatic nitrogens is 3. The van der Waals surface area contributed by atoms with E-state index < -0.39 is 0 Å². The van der Waals surface area contributed by atoms with Gasteiger partial charge >= 0.3 is 0 Å². The monoisotopic (exact) mass is 225 g/mol. The van der Waals surface area contributed by atoms with Gasteiger partial charge in [0.2, 0.25) is 0 Å². The fourth-order valence-corrected chi connectivity index (χ4v) is 1.67. The quantitative estimate of drug-likeness (QED) is 0.637. The maximum Gasteiger partial charge on any atom is 0.156 e. The molecule has 0 N–H and O–H groups in total. The Morgan fingerprint density at radius 2 is 2.29 bits per heavy atom. The van der Waals surface area contributed by atoms with Crippen LogP contribution in [-0.4, -0.2) is 27.8 Å². The Morgan fingerprint density at radius 3 is 3.18 bits per heavy atom. The van der Waals surface area contributed by atoms with Crippen LogP contribution in [-0.2, 0) is 4.74 Å². The summed E-state index contributed by atoms with van der Waals surface area (Å²) in [6.07, 6.45) is 6.50. The highest BCUT2D eigenvalue weighted by molar-refractivity contribution is 5.43. The molecule has 0 fully saturated rings. The van der Waals surface area contributed by atoms with Gasteiger partial charge in [-0.15, -0.1) is 0 Å². The minimum Gasteiger partial charge on any atom is -0.377 e. The van der Waals surface area contributed by atoms with Gasteiger partial charge in [0.1, 0.15) is 5.69 Å². The van der Waals surface area contributed by atoms with Gasteiger partial charge in [-0.05, 0) is 18.1 Å². The highest BCUT2D eigenvalue weighted by Gasteiger charge is 2.00. The summed E-state index contributed by atoms with van der Waals surface area (Å²) in [7, 11) is 0. The van der Waals surface area contributed by atoms with Crippen molar-refractivity contribution in [1.82, 2.24) is 14.6 Å². The molecule has 1 aliphatic heterocycles. The third kappa shape index (κ3) is 2.19. The molecule has 4 nitrogen and oxygen atoms in total. The molecule has 0 bridgehead atoms. The zero-order valence-electron chi connectivity index (χ0n) is 9.26. The van der Waals surface area contributed by atoms with E-state index >= 15 is 0 Å². The zero-order chi connectivity index (χ0) is 11.5. The zero-order valence-corrected chi connectivity index (χ0v) is 9.26. The van der Waals surface area contributed by atoms with Crippen LogP contribution in [0.5, 0.6) is 0 Å². The molecule has 3 heterocycles. The molecule has 0 spiro atoms. The first kappa shape index (κ1) is 10.1. The van der Waals surface area contributed by atoms with E-state index in [2.05, 4.69) is 21.9 Å². The van der Waals surface area contributed by atoms with Crippen molar-refractivity contribution in [2.24, 2.45) is 0 Å². The predicted molar refractivity (Wildman–Crippen MR) is 63.4 cm³/mol. The Morgan fingerprint density at radius 1 is 1.29 bits per heavy atom. The Kier molecular flexibility index (Phi) is 2.60. The van der Waals surface area contributed by atoms with Gasteiger partial charge in [-0.25, -0.2) is 9.50 Å². The molecule has 0 amide bonds. The maximum absolute atomic E-state index is 5.23. The van der Waals surface area contributed by atoms with Crippen LogP contribution in [0.2, 0.25) is 0 Å². The van der Waals surface area contributed by atoms with E-state index in [0.29, 0.717) is 6.61 Å². The lowest BCUT2D eigenvalue weighted by molar-refractivity contribution is 0.156. The van der Waals surface area contributed by atoms with Crippen molar-refractivity contribution in [3.05, 3.63) is 41.9 Å². The number of nitrogens with zero attached hydrogens (tertiary/aromatic N) is 3. The number of ether oxygens (including phenoxy) is 1. The van der Waals surface area contributed by atoms with Gasteiger partial charge < -0.3 is 4.74 Å². The molecular formula is C13H11N3O. The second kappa shape index (κ2) is 4.40. The van der Waals surface area contributed by atoms with Crippen LogP contribution >= 0.6 is 0 Å². The Bertz CT molecular complexity index is 631. The van der Waals surface area contributed by atoms with Gasteiger partial charge in [0.25, 0.3) is 0 Å². The summed E-state index contributed by atoms with van der Waals surface area (Å²) in [5.41, 5.74) is 2.72. The summed E-state index contributed by atoms with van der Waals surface area (Å²) in [6.45, 7) is 1.43. The van der Waals surface area contributed by atoms with Gasteiger partial charge in [-0.1, -0.05) is 5.92 Å². The van der Waals surface area contributed by atoms with E-state index in [0.717, 1.165) is 29.9 Å². The average Bonchev–Trinajstić information content (AvgIpc) is 2.85. The fraction of sp³-hybridized carbons (Fsp3) is 0.231. The lowest BCUT2D eigenvalue weighted by atomic mass is 10.1. The van der Waals surface area contributed by atoms with E-state index in [1.165, 1.54) is 0 Å². The largest absolute Gasteiger partial charge is 0.377 e. The number of hydrogen-bond acceptors (Lipinski definition) is 3. The Labute approximate surface area is 98.9 Å². The van der Waals surface area contributed by atoms with Crippen LogP contribution in [0.15, 0.2) is 36.2 Å². The van der Waals surface area contributed by atoms with Gasteiger partial charge in [0.15, 0.2) is 5.65 Å². The molecule has 1 aliphatic rings. The van der Waals surface area contributed by atoms with Crippen molar-refractivity contribution in [3.63, 3.8) is 0 Å². The molecule has 84 valence electrons. The molecule has 2 aromatic rings. The highest BCUT2D eigenvalue weighted by atomic mass is 16.5. The van der Waals surface area contributed by atoms with Crippen LogP contribution in [0.4, 0.5) is 0 Å². The molecule has 3 rings (SSSR count). The summed E-state index contributed by atoms with van der Waals surface area (Å²) >= 11 is 0. The predicted octanol–water partition coefficient (Wildman–Crippen LogP) is 1.43. The summed E-state index contributed by atoms with van der Waals surface area (Å²) < 4.78 is 6.95. The van der Waals surface area contributed by atoms with E-state index in [9.17, 15) is 0 Å². The Hall–Kier alpha value is -2.12. The van der Waals surface area contributed by atoms with Crippen LogP contribution < -0.4 is 0 Å². The lowest BCUT2D eigenvalue weighted by Gasteiger charge is -2.07. The standard InChI is InChI=1S/C13H11N3O/c1(11-5-9-17-10-6-11)2-12-4-8-16-13(15-12)3-7-14-16/h3-5,7-8H,6,9-10H2. The van der Waals surface area contributed by atoms with Crippen molar-refractivity contribution in [2.45, 2.75) is 6.42 Å². The van der Waals surface area contributed by atoms with Gasteiger partial charge in [-0.3, -0.25) is 0 Å². The van der Waals surface area contributed by atoms with E-state index in [4.69, 9.17) is 4.74 Å². The molecule has 0 aromatic carbocycles. The molecule has 0 radical (unpaired) electrons. The van der Waals surface area contributed by atoms with Gasteiger partial charge in [-0.2, -0.15) is 5.10 Å². The van der Waals surface area contributed by atoms with Crippen LogP contribution in [0.1, 0.15) is 12.1 Å². The number of rotatable bonds is 0. The second-order valence-corrected chi connectivity index (χ2v) is 3.75. The molecule has 0 saturated carbocycles. The minimum absolute atomic E-state index is 0.666. The van der Waals surface area contributed by atoms with Crippen molar-refractivity contribution < 1.29 is 4.74 Å². The highest BCUT2D eigenvalue weighted by Crippen LogP contribution is 2.06. The van der Waals surface area contributed by atoms with Crippen LogP contribution in [0, 0.1) is 11.8 Å². The molecular weight excluding hydrogens is 214 g/mol. The van der Waals surface area contributed by atoms with Crippen molar-refractivity contribution in [2.75, 3.05) is 13.2 Å². The first-order chi connectivity index (χ1) is 8.42. The van der Waals surface area contributed by atoms with Crippen LogP contribution in [0.3, 0.4) is 0 Å². The molecule has 0 unspecified atom stereocenters. The summed E-state index contributed by atoms with van der Waals surface area (Å²) in [5, 5.41) is 4.09. The van der Waals surface area contributed by atoms with Crippen molar-refractivity contribution >= 4 is 5.65 Å². The first-order valence-electron chi connectivity index (χ1n) is 5.51. The summed E-state index contributed by atoms with van der Waals surface area (Å²) in [5.74, 6) is 6.20. The SMILES string of the molecule is C(#Cc1ccn2nccc2n1)C1=CCOCC1.